The summed E-state index contributed by atoms with van der Waals surface area (Å²) < 4.78 is 0.920. The molecule has 98 valence electrons. The third-order valence-corrected chi connectivity index (χ3v) is 4.69. The van der Waals surface area contributed by atoms with Gasteiger partial charge in [-0.15, -0.1) is 0 Å². The molecule has 3 heterocycles. The van der Waals surface area contributed by atoms with Crippen LogP contribution in [0.15, 0.2) is 16.7 Å². The Morgan fingerprint density at radius 1 is 1.39 bits per heavy atom. The Balaban J connectivity index is 1.66. The maximum Gasteiger partial charge on any atom is 0.145 e. The minimum Gasteiger partial charge on any atom is -0.366 e. The Kier molecular flexibility index (Phi) is 3.78. The molecule has 2 unspecified atom stereocenters. The topological polar surface area (TPSA) is 28.2 Å². The van der Waals surface area contributed by atoms with Crippen molar-refractivity contribution in [1.82, 2.24) is 9.88 Å². The summed E-state index contributed by atoms with van der Waals surface area (Å²) in [5.41, 5.74) is 0. The zero-order valence-electron chi connectivity index (χ0n) is 10.2. The largest absolute Gasteiger partial charge is 0.366 e. The van der Waals surface area contributed by atoms with E-state index in [4.69, 9.17) is 11.6 Å². The first-order valence-electron chi connectivity index (χ1n) is 6.54. The zero-order valence-corrected chi connectivity index (χ0v) is 12.5. The first kappa shape index (κ1) is 12.7. The van der Waals surface area contributed by atoms with Crippen LogP contribution in [-0.4, -0.2) is 35.1 Å². The summed E-state index contributed by atoms with van der Waals surface area (Å²) in [6.45, 7) is 2.49. The lowest BCUT2D eigenvalue weighted by atomic mass is 9.97. The molecule has 1 aromatic heterocycles. The van der Waals surface area contributed by atoms with Crippen LogP contribution in [0.5, 0.6) is 0 Å². The monoisotopic (exact) mass is 329 g/mol. The lowest BCUT2D eigenvalue weighted by molar-refractivity contribution is 0.188. The SMILES string of the molecule is Clc1cc(Br)cnc1NC1CCN2CCCC2C1. The summed E-state index contributed by atoms with van der Waals surface area (Å²) in [6, 6.07) is 3.17. The third kappa shape index (κ3) is 2.65. The number of aromatic nitrogens is 1. The van der Waals surface area contributed by atoms with Crippen LogP contribution in [0, 0.1) is 0 Å². The highest BCUT2D eigenvalue weighted by molar-refractivity contribution is 9.10. The van der Waals surface area contributed by atoms with Gasteiger partial charge in [0, 0.05) is 29.3 Å². The van der Waals surface area contributed by atoms with Gasteiger partial charge in [0.25, 0.3) is 0 Å². The molecule has 0 aromatic carbocycles. The fourth-order valence-corrected chi connectivity index (χ4v) is 3.75. The predicted molar refractivity (Wildman–Crippen MR) is 78.2 cm³/mol. The fraction of sp³-hybridized carbons (Fsp3) is 0.615. The molecule has 2 aliphatic rings. The van der Waals surface area contributed by atoms with Crippen molar-refractivity contribution in [2.45, 2.75) is 37.8 Å². The number of hydrogen-bond donors (Lipinski definition) is 1. The van der Waals surface area contributed by atoms with Gasteiger partial charge in [-0.1, -0.05) is 11.6 Å². The van der Waals surface area contributed by atoms with E-state index in [1.807, 2.05) is 6.07 Å². The molecule has 3 nitrogen and oxygen atoms in total. The lowest BCUT2D eigenvalue weighted by Gasteiger charge is -2.35. The van der Waals surface area contributed by atoms with Crippen LogP contribution in [0.3, 0.4) is 0 Å². The first-order valence-corrected chi connectivity index (χ1v) is 7.71. The molecule has 0 bridgehead atoms. The van der Waals surface area contributed by atoms with E-state index in [0.29, 0.717) is 11.1 Å². The number of rotatable bonds is 2. The number of anilines is 1. The Hall–Kier alpha value is -0.320. The van der Waals surface area contributed by atoms with Crippen molar-refractivity contribution in [1.29, 1.82) is 0 Å². The minimum atomic E-state index is 0.510. The molecule has 2 aliphatic heterocycles. The maximum atomic E-state index is 6.19. The van der Waals surface area contributed by atoms with Crippen molar-refractivity contribution in [2.75, 3.05) is 18.4 Å². The molecule has 3 rings (SSSR count). The molecule has 2 fully saturated rings. The van der Waals surface area contributed by atoms with Crippen molar-refractivity contribution in [3.8, 4) is 0 Å². The van der Waals surface area contributed by atoms with E-state index in [2.05, 4.69) is 31.1 Å². The number of nitrogens with zero attached hydrogens (tertiary/aromatic N) is 2. The Bertz CT molecular complexity index is 440. The zero-order chi connectivity index (χ0) is 12.5. The molecular weight excluding hydrogens is 314 g/mol. The molecule has 0 aliphatic carbocycles. The van der Waals surface area contributed by atoms with Crippen LogP contribution < -0.4 is 5.32 Å². The average Bonchev–Trinajstić information content (AvgIpc) is 2.80. The van der Waals surface area contributed by atoms with Crippen molar-refractivity contribution in [3.63, 3.8) is 0 Å². The van der Waals surface area contributed by atoms with Gasteiger partial charge in [0.1, 0.15) is 5.82 Å². The summed E-state index contributed by atoms with van der Waals surface area (Å²) >= 11 is 9.57. The summed E-state index contributed by atoms with van der Waals surface area (Å²) in [7, 11) is 0. The second-order valence-corrected chi connectivity index (χ2v) is 6.50. The van der Waals surface area contributed by atoms with Crippen molar-refractivity contribution in [2.24, 2.45) is 0 Å². The van der Waals surface area contributed by atoms with Gasteiger partial charge in [0.2, 0.25) is 0 Å². The molecule has 0 radical (unpaired) electrons. The molecular formula is C13H17BrClN3. The highest BCUT2D eigenvalue weighted by Gasteiger charge is 2.31. The van der Waals surface area contributed by atoms with E-state index in [0.717, 1.165) is 16.3 Å². The summed E-state index contributed by atoms with van der Waals surface area (Å²) in [5, 5.41) is 4.19. The van der Waals surface area contributed by atoms with Crippen LogP contribution in [0.25, 0.3) is 0 Å². The number of pyridine rings is 1. The molecule has 2 atom stereocenters. The van der Waals surface area contributed by atoms with Crippen molar-refractivity contribution < 1.29 is 0 Å². The number of fused-ring (bicyclic) bond motifs is 1. The first-order chi connectivity index (χ1) is 8.72. The van der Waals surface area contributed by atoms with E-state index in [1.54, 1.807) is 6.20 Å². The van der Waals surface area contributed by atoms with Gasteiger partial charge >= 0.3 is 0 Å². The molecule has 18 heavy (non-hydrogen) atoms. The minimum absolute atomic E-state index is 0.510. The number of piperidine rings is 1. The Morgan fingerprint density at radius 2 is 2.28 bits per heavy atom. The molecule has 0 spiro atoms. The molecule has 5 heteroatoms. The van der Waals surface area contributed by atoms with Crippen molar-refractivity contribution >= 4 is 33.3 Å². The molecule has 0 saturated carbocycles. The van der Waals surface area contributed by atoms with Crippen LogP contribution in [0.2, 0.25) is 5.02 Å². The van der Waals surface area contributed by atoms with E-state index >= 15 is 0 Å². The smallest absolute Gasteiger partial charge is 0.145 e. The van der Waals surface area contributed by atoms with Gasteiger partial charge in [0.15, 0.2) is 0 Å². The molecule has 1 aromatic rings. The van der Waals surface area contributed by atoms with E-state index in [1.165, 1.54) is 38.8 Å². The van der Waals surface area contributed by atoms with Gasteiger partial charge < -0.3 is 10.2 Å². The van der Waals surface area contributed by atoms with Crippen LogP contribution >= 0.6 is 27.5 Å². The van der Waals surface area contributed by atoms with Gasteiger partial charge in [-0.05, 0) is 54.2 Å². The molecule has 0 amide bonds. The molecule has 2 saturated heterocycles. The van der Waals surface area contributed by atoms with E-state index in [-0.39, 0.29) is 0 Å². The van der Waals surface area contributed by atoms with Crippen LogP contribution in [0.1, 0.15) is 25.7 Å². The van der Waals surface area contributed by atoms with Crippen molar-refractivity contribution in [3.05, 3.63) is 21.8 Å². The normalized spacial score (nSPS) is 28.1. The Labute approximate surface area is 121 Å². The highest BCUT2D eigenvalue weighted by atomic mass is 79.9. The van der Waals surface area contributed by atoms with E-state index in [9.17, 15) is 0 Å². The van der Waals surface area contributed by atoms with Gasteiger partial charge in [-0.25, -0.2) is 4.98 Å². The fourth-order valence-electron chi connectivity index (χ4n) is 3.07. The standard InChI is InChI=1S/C13H17BrClN3/c14-9-6-12(15)13(16-8-9)17-10-3-5-18-4-1-2-11(18)7-10/h6,8,10-11H,1-5,7H2,(H,16,17). The summed E-state index contributed by atoms with van der Waals surface area (Å²) in [6.07, 6.45) is 6.89. The number of halogens is 2. The molecule has 1 N–H and O–H groups in total. The number of nitrogens with one attached hydrogen (secondary N) is 1. The predicted octanol–water partition coefficient (Wildman–Crippen LogP) is 3.54. The second-order valence-electron chi connectivity index (χ2n) is 5.18. The average molecular weight is 331 g/mol. The van der Waals surface area contributed by atoms with Gasteiger partial charge in [-0.2, -0.15) is 0 Å². The van der Waals surface area contributed by atoms with Gasteiger partial charge in [-0.3, -0.25) is 0 Å². The van der Waals surface area contributed by atoms with Crippen LogP contribution in [-0.2, 0) is 0 Å². The maximum absolute atomic E-state index is 6.19. The third-order valence-electron chi connectivity index (χ3n) is 3.97. The van der Waals surface area contributed by atoms with E-state index < -0.39 is 0 Å². The Morgan fingerprint density at radius 3 is 3.11 bits per heavy atom. The summed E-state index contributed by atoms with van der Waals surface area (Å²) in [4.78, 5) is 6.97. The van der Waals surface area contributed by atoms with Gasteiger partial charge in [0.05, 0.1) is 5.02 Å². The quantitative estimate of drug-likeness (QED) is 0.899. The highest BCUT2D eigenvalue weighted by Crippen LogP contribution is 2.30. The second kappa shape index (κ2) is 5.35. The number of hydrogen-bond acceptors (Lipinski definition) is 3. The lowest BCUT2D eigenvalue weighted by Crippen LogP contribution is -2.42. The summed E-state index contributed by atoms with van der Waals surface area (Å²) in [5.74, 6) is 0.816. The van der Waals surface area contributed by atoms with Crippen LogP contribution in [0.4, 0.5) is 5.82 Å².